The van der Waals surface area contributed by atoms with E-state index in [1.165, 1.54) is 13.0 Å². The number of aryl methyl sites for hydroxylation is 1. The highest BCUT2D eigenvalue weighted by atomic mass is 19.1. The van der Waals surface area contributed by atoms with Crippen LogP contribution in [0.15, 0.2) is 12.1 Å². The van der Waals surface area contributed by atoms with Crippen molar-refractivity contribution in [2.45, 2.75) is 20.3 Å². The lowest BCUT2D eigenvalue weighted by atomic mass is 10.1. The van der Waals surface area contributed by atoms with E-state index in [2.05, 4.69) is 4.74 Å². The molecule has 0 aliphatic carbocycles. The van der Waals surface area contributed by atoms with Crippen LogP contribution in [0.4, 0.5) is 10.1 Å². The van der Waals surface area contributed by atoms with E-state index in [4.69, 9.17) is 0 Å². The monoisotopic (exact) mass is 241 g/mol. The molecule has 5 nitrogen and oxygen atoms in total. The van der Waals surface area contributed by atoms with E-state index >= 15 is 0 Å². The molecule has 0 unspecified atom stereocenters. The van der Waals surface area contributed by atoms with Gasteiger partial charge in [0, 0.05) is 5.56 Å². The first kappa shape index (κ1) is 13.1. The molecule has 0 aromatic heterocycles. The molecule has 0 atom stereocenters. The highest BCUT2D eigenvalue weighted by Gasteiger charge is 2.17. The van der Waals surface area contributed by atoms with Crippen molar-refractivity contribution in [1.82, 2.24) is 0 Å². The van der Waals surface area contributed by atoms with E-state index in [-0.39, 0.29) is 24.3 Å². The Labute approximate surface area is 97.3 Å². The fraction of sp³-hybridized carbons (Fsp3) is 0.364. The van der Waals surface area contributed by atoms with Crippen molar-refractivity contribution < 1.29 is 18.8 Å². The van der Waals surface area contributed by atoms with Crippen molar-refractivity contribution >= 4 is 11.7 Å². The number of carbonyl (C=O) groups excluding carboxylic acids is 1. The number of esters is 1. The number of carbonyl (C=O) groups is 1. The zero-order valence-electron chi connectivity index (χ0n) is 9.53. The Bertz CT molecular complexity index is 459. The van der Waals surface area contributed by atoms with E-state index < -0.39 is 16.7 Å². The smallest absolute Gasteiger partial charge is 0.310 e. The number of nitro groups is 1. The van der Waals surface area contributed by atoms with E-state index in [9.17, 15) is 19.3 Å². The van der Waals surface area contributed by atoms with Gasteiger partial charge in [-0.1, -0.05) is 0 Å². The van der Waals surface area contributed by atoms with Crippen LogP contribution < -0.4 is 0 Å². The summed E-state index contributed by atoms with van der Waals surface area (Å²) in [4.78, 5) is 21.1. The molecule has 17 heavy (non-hydrogen) atoms. The molecule has 0 saturated heterocycles. The molecule has 0 radical (unpaired) electrons. The summed E-state index contributed by atoms with van der Waals surface area (Å²) in [7, 11) is 0. The molecule has 0 heterocycles. The topological polar surface area (TPSA) is 69.4 Å². The number of hydrogen-bond donors (Lipinski definition) is 0. The Kier molecular flexibility index (Phi) is 4.14. The van der Waals surface area contributed by atoms with Crippen molar-refractivity contribution in [3.05, 3.63) is 39.2 Å². The zero-order valence-corrected chi connectivity index (χ0v) is 9.53. The van der Waals surface area contributed by atoms with Gasteiger partial charge in [-0.3, -0.25) is 14.9 Å². The number of nitrogens with zero attached hydrogens (tertiary/aromatic N) is 1. The summed E-state index contributed by atoms with van der Waals surface area (Å²) < 4.78 is 18.2. The summed E-state index contributed by atoms with van der Waals surface area (Å²) in [5.41, 5.74) is 0.123. The minimum Gasteiger partial charge on any atom is -0.466 e. The van der Waals surface area contributed by atoms with Gasteiger partial charge in [0.2, 0.25) is 0 Å². The van der Waals surface area contributed by atoms with Crippen LogP contribution in [0.3, 0.4) is 0 Å². The first-order valence-corrected chi connectivity index (χ1v) is 5.04. The van der Waals surface area contributed by atoms with Crippen LogP contribution in [0.1, 0.15) is 18.1 Å². The minimum absolute atomic E-state index is 0.103. The SMILES string of the molecule is CCOC(=O)Cc1cc(C)c([N+](=O)[O-])cc1F. The van der Waals surface area contributed by atoms with Gasteiger partial charge in [-0.2, -0.15) is 0 Å². The van der Waals surface area contributed by atoms with E-state index in [1.54, 1.807) is 6.92 Å². The Hall–Kier alpha value is -1.98. The second-order valence-corrected chi connectivity index (χ2v) is 3.47. The van der Waals surface area contributed by atoms with Crippen LogP contribution in [-0.4, -0.2) is 17.5 Å². The molecule has 0 aliphatic rings. The third-order valence-electron chi connectivity index (χ3n) is 2.20. The molecule has 0 saturated carbocycles. The molecule has 6 heteroatoms. The minimum atomic E-state index is -0.768. The maximum absolute atomic E-state index is 13.5. The predicted octanol–water partition coefficient (Wildman–Crippen LogP) is 2.15. The number of rotatable bonds is 4. The first-order chi connectivity index (χ1) is 7.95. The molecule has 0 fully saturated rings. The fourth-order valence-corrected chi connectivity index (χ4v) is 1.43. The Balaban J connectivity index is 2.99. The number of halogens is 1. The molecule has 0 N–H and O–H groups in total. The van der Waals surface area contributed by atoms with E-state index in [0.29, 0.717) is 5.56 Å². The van der Waals surface area contributed by atoms with Gasteiger partial charge in [0.25, 0.3) is 5.69 Å². The zero-order chi connectivity index (χ0) is 13.0. The molecule has 0 aliphatic heterocycles. The highest BCUT2D eigenvalue weighted by Crippen LogP contribution is 2.22. The third kappa shape index (κ3) is 3.24. The normalized spacial score (nSPS) is 10.1. The van der Waals surface area contributed by atoms with Crippen LogP contribution in [0.5, 0.6) is 0 Å². The van der Waals surface area contributed by atoms with E-state index in [0.717, 1.165) is 6.07 Å². The average Bonchev–Trinajstić information content (AvgIpc) is 2.22. The summed E-state index contributed by atoms with van der Waals surface area (Å²) in [5.74, 6) is -1.32. The first-order valence-electron chi connectivity index (χ1n) is 5.04. The van der Waals surface area contributed by atoms with Crippen molar-refractivity contribution in [3.63, 3.8) is 0 Å². The molecule has 0 spiro atoms. The highest BCUT2D eigenvalue weighted by molar-refractivity contribution is 5.73. The lowest BCUT2D eigenvalue weighted by Crippen LogP contribution is -2.09. The van der Waals surface area contributed by atoms with Gasteiger partial charge in [0.05, 0.1) is 24.0 Å². The summed E-state index contributed by atoms with van der Waals surface area (Å²) in [5, 5.41) is 10.6. The largest absolute Gasteiger partial charge is 0.466 e. The quantitative estimate of drug-likeness (QED) is 0.460. The fourth-order valence-electron chi connectivity index (χ4n) is 1.43. The van der Waals surface area contributed by atoms with Crippen molar-refractivity contribution in [1.29, 1.82) is 0 Å². The molecule has 1 aromatic carbocycles. The van der Waals surface area contributed by atoms with E-state index in [1.807, 2.05) is 0 Å². The standard InChI is InChI=1S/C11H12FNO4/c1-3-17-11(14)5-8-4-7(2)10(13(15)16)6-9(8)12/h4,6H,3,5H2,1-2H3. The second-order valence-electron chi connectivity index (χ2n) is 3.47. The van der Waals surface area contributed by atoms with Gasteiger partial charge >= 0.3 is 5.97 Å². The van der Waals surface area contributed by atoms with Gasteiger partial charge in [0.1, 0.15) is 5.82 Å². The molecule has 1 aromatic rings. The third-order valence-corrected chi connectivity index (χ3v) is 2.20. The van der Waals surface area contributed by atoms with Crippen LogP contribution in [0.25, 0.3) is 0 Å². The Morgan fingerprint density at radius 3 is 2.71 bits per heavy atom. The summed E-state index contributed by atoms with van der Waals surface area (Å²) in [6.45, 7) is 3.36. The molecular weight excluding hydrogens is 229 g/mol. The lowest BCUT2D eigenvalue weighted by Gasteiger charge is -2.05. The van der Waals surface area contributed by atoms with Crippen LogP contribution in [0.2, 0.25) is 0 Å². The lowest BCUT2D eigenvalue weighted by molar-refractivity contribution is -0.385. The molecule has 0 amide bonds. The molecular formula is C11H12FNO4. The maximum atomic E-state index is 13.5. The number of hydrogen-bond acceptors (Lipinski definition) is 4. The summed E-state index contributed by atoms with van der Waals surface area (Å²) in [6, 6.07) is 2.12. The summed E-state index contributed by atoms with van der Waals surface area (Å²) in [6.07, 6.45) is -0.224. The van der Waals surface area contributed by atoms with Crippen molar-refractivity contribution in [2.75, 3.05) is 6.61 Å². The maximum Gasteiger partial charge on any atom is 0.310 e. The van der Waals surface area contributed by atoms with Gasteiger partial charge in [-0.25, -0.2) is 4.39 Å². The van der Waals surface area contributed by atoms with Gasteiger partial charge in [0.15, 0.2) is 0 Å². The molecule has 0 bridgehead atoms. The number of benzene rings is 1. The summed E-state index contributed by atoms with van der Waals surface area (Å²) >= 11 is 0. The van der Waals surface area contributed by atoms with Crippen LogP contribution in [-0.2, 0) is 16.0 Å². The van der Waals surface area contributed by atoms with Crippen molar-refractivity contribution in [2.24, 2.45) is 0 Å². The number of ether oxygens (including phenoxy) is 1. The van der Waals surface area contributed by atoms with Gasteiger partial charge in [-0.05, 0) is 25.5 Å². The Morgan fingerprint density at radius 2 is 2.18 bits per heavy atom. The molecule has 92 valence electrons. The van der Waals surface area contributed by atoms with Crippen molar-refractivity contribution in [3.8, 4) is 0 Å². The molecule has 1 rings (SSSR count). The van der Waals surface area contributed by atoms with Gasteiger partial charge < -0.3 is 4.74 Å². The average molecular weight is 241 g/mol. The second kappa shape index (κ2) is 5.38. The predicted molar refractivity (Wildman–Crippen MR) is 58.1 cm³/mol. The number of nitro benzene ring substituents is 1. The van der Waals surface area contributed by atoms with Gasteiger partial charge in [-0.15, -0.1) is 0 Å². The van der Waals surface area contributed by atoms with Crippen LogP contribution in [0, 0.1) is 22.9 Å². The van der Waals surface area contributed by atoms with Crippen LogP contribution >= 0.6 is 0 Å². The Morgan fingerprint density at radius 1 is 1.53 bits per heavy atom.